The van der Waals surface area contributed by atoms with Crippen LogP contribution < -0.4 is 10.6 Å². The summed E-state index contributed by atoms with van der Waals surface area (Å²) in [6.45, 7) is 2.54. The summed E-state index contributed by atoms with van der Waals surface area (Å²) in [5.74, 6) is -1.01. The third-order valence-corrected chi connectivity index (χ3v) is 4.38. The summed E-state index contributed by atoms with van der Waals surface area (Å²) in [7, 11) is 0. The maximum absolute atomic E-state index is 12.3. The molecule has 0 heterocycles. The van der Waals surface area contributed by atoms with Crippen molar-refractivity contribution in [3.05, 3.63) is 76.5 Å². The Labute approximate surface area is 175 Å². The first-order chi connectivity index (χ1) is 14.1. The zero-order valence-corrected chi connectivity index (χ0v) is 16.8. The van der Waals surface area contributed by atoms with Gasteiger partial charge in [-0.25, -0.2) is 4.79 Å². The monoisotopic (exact) mass is 411 g/mol. The Morgan fingerprint density at radius 3 is 2.62 bits per heavy atom. The van der Waals surface area contributed by atoms with E-state index in [0.29, 0.717) is 22.9 Å². The quantitative estimate of drug-likeness (QED) is 0.275. The molecule has 0 aliphatic heterocycles. The summed E-state index contributed by atoms with van der Waals surface area (Å²) in [6.07, 6.45) is 2.97. The Morgan fingerprint density at radius 1 is 1.17 bits per heavy atom. The number of amides is 1. The van der Waals surface area contributed by atoms with Crippen LogP contribution >= 0.6 is 11.6 Å². The van der Waals surface area contributed by atoms with Crippen LogP contribution in [0.4, 0.5) is 5.69 Å². The number of carbonyl (C=O) groups is 2. The first-order valence-electron chi connectivity index (χ1n) is 9.21. The number of hydrogen-bond acceptors (Lipinski definition) is 5. The van der Waals surface area contributed by atoms with E-state index in [-0.39, 0.29) is 12.1 Å². The summed E-state index contributed by atoms with van der Waals surface area (Å²) in [4.78, 5) is 24.5. The summed E-state index contributed by atoms with van der Waals surface area (Å²) < 4.78 is 5.23. The molecule has 6 nitrogen and oxygen atoms in total. The highest BCUT2D eigenvalue weighted by atomic mass is 35.5. The summed E-state index contributed by atoms with van der Waals surface area (Å²) in [5, 5.41) is 15.3. The van der Waals surface area contributed by atoms with E-state index in [1.54, 1.807) is 42.5 Å². The molecular formula is C22H22ClN3O3. The fraction of sp³-hybridized carbons (Fsp3) is 0.227. The maximum Gasteiger partial charge on any atom is 0.340 e. The summed E-state index contributed by atoms with van der Waals surface area (Å²) in [5.41, 5.74) is 1.38. The van der Waals surface area contributed by atoms with Crippen molar-refractivity contribution in [2.45, 2.75) is 26.3 Å². The predicted molar refractivity (Wildman–Crippen MR) is 112 cm³/mol. The Kier molecular flexibility index (Phi) is 8.74. The van der Waals surface area contributed by atoms with Gasteiger partial charge in [0.2, 0.25) is 0 Å². The molecule has 0 bridgehead atoms. The van der Waals surface area contributed by atoms with Crippen LogP contribution in [0, 0.1) is 11.3 Å². The number of hydrogen-bond donors (Lipinski definition) is 2. The van der Waals surface area contributed by atoms with Crippen molar-refractivity contribution in [3.8, 4) is 6.07 Å². The number of ether oxygens (including phenoxy) is 1. The second-order valence-corrected chi connectivity index (χ2v) is 6.53. The van der Waals surface area contributed by atoms with Gasteiger partial charge >= 0.3 is 5.97 Å². The van der Waals surface area contributed by atoms with Crippen molar-refractivity contribution < 1.29 is 14.3 Å². The van der Waals surface area contributed by atoms with Gasteiger partial charge in [-0.05, 0) is 30.2 Å². The van der Waals surface area contributed by atoms with Crippen molar-refractivity contribution in [2.24, 2.45) is 0 Å². The van der Waals surface area contributed by atoms with E-state index in [0.717, 1.165) is 18.4 Å². The number of rotatable bonds is 9. The Morgan fingerprint density at radius 2 is 1.90 bits per heavy atom. The van der Waals surface area contributed by atoms with Gasteiger partial charge in [0, 0.05) is 17.8 Å². The highest BCUT2D eigenvalue weighted by Gasteiger charge is 2.13. The number of unbranched alkanes of at least 4 members (excludes halogenated alkanes) is 1. The number of esters is 1. The topological polar surface area (TPSA) is 91.2 Å². The Hall–Kier alpha value is -3.30. The van der Waals surface area contributed by atoms with Gasteiger partial charge in [-0.15, -0.1) is 0 Å². The first-order valence-corrected chi connectivity index (χ1v) is 9.59. The molecule has 0 saturated carbocycles. The maximum atomic E-state index is 12.3. The lowest BCUT2D eigenvalue weighted by molar-refractivity contribution is -0.117. The van der Waals surface area contributed by atoms with Crippen molar-refractivity contribution in [1.82, 2.24) is 5.32 Å². The number of nitrogens with one attached hydrogen (secondary N) is 2. The molecule has 2 aromatic carbocycles. The van der Waals surface area contributed by atoms with Crippen LogP contribution in [0.5, 0.6) is 0 Å². The average Bonchev–Trinajstić information content (AvgIpc) is 2.74. The number of anilines is 1. The zero-order chi connectivity index (χ0) is 21.1. The highest BCUT2D eigenvalue weighted by Crippen LogP contribution is 2.17. The van der Waals surface area contributed by atoms with Crippen LogP contribution in [-0.2, 0) is 16.1 Å². The van der Waals surface area contributed by atoms with Crippen LogP contribution in [0.15, 0.2) is 60.3 Å². The Bertz CT molecular complexity index is 935. The van der Waals surface area contributed by atoms with E-state index in [1.165, 1.54) is 6.20 Å². The van der Waals surface area contributed by atoms with E-state index in [2.05, 4.69) is 10.6 Å². The first kappa shape index (κ1) is 22.0. The number of carbonyl (C=O) groups excluding carboxylic acids is 2. The second-order valence-electron chi connectivity index (χ2n) is 6.12. The van der Waals surface area contributed by atoms with Crippen molar-refractivity contribution in [1.29, 1.82) is 5.26 Å². The van der Waals surface area contributed by atoms with E-state index >= 15 is 0 Å². The molecule has 0 spiro atoms. The minimum absolute atomic E-state index is 0.133. The molecule has 2 N–H and O–H groups in total. The van der Waals surface area contributed by atoms with E-state index in [4.69, 9.17) is 16.3 Å². The lowest BCUT2D eigenvalue weighted by Crippen LogP contribution is -2.24. The van der Waals surface area contributed by atoms with E-state index in [1.807, 2.05) is 19.1 Å². The summed E-state index contributed by atoms with van der Waals surface area (Å²) in [6, 6.07) is 15.7. The lowest BCUT2D eigenvalue weighted by atomic mass is 10.1. The minimum Gasteiger partial charge on any atom is -0.462 e. The zero-order valence-electron chi connectivity index (χ0n) is 16.1. The number of benzene rings is 2. The third-order valence-electron chi connectivity index (χ3n) is 4.01. The third kappa shape index (κ3) is 6.66. The molecular weight excluding hydrogens is 390 g/mol. The van der Waals surface area contributed by atoms with Crippen molar-refractivity contribution >= 4 is 29.2 Å². The van der Waals surface area contributed by atoms with Gasteiger partial charge < -0.3 is 15.4 Å². The molecule has 29 heavy (non-hydrogen) atoms. The number of para-hydroxylation sites is 1. The molecule has 2 aromatic rings. The molecule has 0 aliphatic carbocycles. The fourth-order valence-corrected chi connectivity index (χ4v) is 2.59. The number of nitriles is 1. The van der Waals surface area contributed by atoms with Gasteiger partial charge in [0.05, 0.1) is 17.9 Å². The van der Waals surface area contributed by atoms with Gasteiger partial charge in [-0.3, -0.25) is 4.79 Å². The van der Waals surface area contributed by atoms with Crippen LogP contribution in [0.1, 0.15) is 35.7 Å². The SMILES string of the molecule is CCCCOC(=O)c1ccccc1N/C=C(/C#N)C(=O)NCc1ccccc1Cl. The number of halogens is 1. The van der Waals surface area contributed by atoms with Gasteiger partial charge in [0.1, 0.15) is 11.6 Å². The molecule has 2 rings (SSSR count). The highest BCUT2D eigenvalue weighted by molar-refractivity contribution is 6.31. The molecule has 150 valence electrons. The molecule has 0 radical (unpaired) electrons. The van der Waals surface area contributed by atoms with Crippen LogP contribution in [0.25, 0.3) is 0 Å². The standard InChI is InChI=1S/C22H22ClN3O3/c1-2-3-12-29-22(28)18-9-5-7-11-20(18)25-15-17(13-24)21(27)26-14-16-8-4-6-10-19(16)23/h4-11,15,25H,2-3,12,14H2,1H3,(H,26,27)/b17-15-. The van der Waals surface area contributed by atoms with Crippen LogP contribution in [-0.4, -0.2) is 18.5 Å². The molecule has 1 amide bonds. The molecule has 7 heteroatoms. The molecule has 0 saturated heterocycles. The fourth-order valence-electron chi connectivity index (χ4n) is 2.38. The molecule has 0 unspecified atom stereocenters. The van der Waals surface area contributed by atoms with Gasteiger partial charge in [-0.1, -0.05) is 55.3 Å². The normalized spacial score (nSPS) is 10.7. The molecule has 0 atom stereocenters. The molecule has 0 aromatic heterocycles. The predicted octanol–water partition coefficient (Wildman–Crippen LogP) is 4.43. The van der Waals surface area contributed by atoms with Crippen molar-refractivity contribution in [3.63, 3.8) is 0 Å². The smallest absolute Gasteiger partial charge is 0.340 e. The van der Waals surface area contributed by atoms with Crippen molar-refractivity contribution in [2.75, 3.05) is 11.9 Å². The van der Waals surface area contributed by atoms with Crippen LogP contribution in [0.3, 0.4) is 0 Å². The lowest BCUT2D eigenvalue weighted by Gasteiger charge is -2.10. The minimum atomic E-state index is -0.553. The van der Waals surface area contributed by atoms with Gasteiger partial charge in [0.15, 0.2) is 0 Å². The van der Waals surface area contributed by atoms with Gasteiger partial charge in [-0.2, -0.15) is 5.26 Å². The van der Waals surface area contributed by atoms with Gasteiger partial charge in [0.25, 0.3) is 5.91 Å². The average molecular weight is 412 g/mol. The second kappa shape index (κ2) is 11.5. The summed E-state index contributed by atoms with van der Waals surface area (Å²) >= 11 is 6.07. The number of nitrogens with zero attached hydrogens (tertiary/aromatic N) is 1. The molecule has 0 aliphatic rings. The van der Waals surface area contributed by atoms with E-state index < -0.39 is 11.9 Å². The molecule has 0 fully saturated rings. The van der Waals surface area contributed by atoms with Crippen LogP contribution in [0.2, 0.25) is 5.02 Å². The van der Waals surface area contributed by atoms with E-state index in [9.17, 15) is 14.9 Å². The Balaban J connectivity index is 2.05. The largest absolute Gasteiger partial charge is 0.462 e.